The zero-order valence-electron chi connectivity index (χ0n) is 6.40. The van der Waals surface area contributed by atoms with Crippen LogP contribution in [0.1, 0.15) is 0 Å². The number of rotatable bonds is 2. The van der Waals surface area contributed by atoms with Gasteiger partial charge in [-0.15, -0.1) is 0 Å². The fourth-order valence-corrected chi connectivity index (χ4v) is 1.66. The zero-order chi connectivity index (χ0) is 8.23. The van der Waals surface area contributed by atoms with Crippen LogP contribution in [0.15, 0.2) is 52.8 Å². The van der Waals surface area contributed by atoms with Gasteiger partial charge in [0, 0.05) is 12.4 Å². The number of aromatic nitrogens is 2. The minimum absolute atomic E-state index is 1.01. The van der Waals surface area contributed by atoms with Gasteiger partial charge in [-0.25, -0.2) is 4.98 Å². The topological polar surface area (TPSA) is 28.7 Å². The molecule has 0 aliphatic rings. The summed E-state index contributed by atoms with van der Waals surface area (Å²) in [4.78, 5) is 7.31. The highest BCUT2D eigenvalue weighted by atomic mass is 32.2. The summed E-state index contributed by atoms with van der Waals surface area (Å²) in [7, 11) is 0. The Morgan fingerprint density at radius 2 is 2.17 bits per heavy atom. The van der Waals surface area contributed by atoms with Crippen LogP contribution in [0.25, 0.3) is 0 Å². The van der Waals surface area contributed by atoms with Gasteiger partial charge in [0.05, 0.1) is 5.03 Å². The average Bonchev–Trinajstić information content (AvgIpc) is 2.59. The smallest absolute Gasteiger partial charge is 0.102 e. The maximum absolute atomic E-state index is 4.20. The number of nitrogens with one attached hydrogen (secondary N) is 1. The van der Waals surface area contributed by atoms with Gasteiger partial charge < -0.3 is 4.98 Å². The molecule has 0 atom stereocenters. The Morgan fingerprint density at radius 3 is 2.83 bits per heavy atom. The van der Waals surface area contributed by atoms with Crippen LogP contribution in [0.3, 0.4) is 0 Å². The molecule has 0 spiro atoms. The first-order valence-electron chi connectivity index (χ1n) is 3.67. The van der Waals surface area contributed by atoms with Crippen molar-refractivity contribution in [3.63, 3.8) is 0 Å². The van der Waals surface area contributed by atoms with E-state index in [1.807, 2.05) is 36.5 Å². The third-order valence-electron chi connectivity index (χ3n) is 1.42. The Kier molecular flexibility index (Phi) is 2.14. The van der Waals surface area contributed by atoms with Gasteiger partial charge in [-0.1, -0.05) is 17.8 Å². The van der Waals surface area contributed by atoms with Gasteiger partial charge in [0.25, 0.3) is 0 Å². The summed E-state index contributed by atoms with van der Waals surface area (Å²) in [5.74, 6) is 0. The number of pyridine rings is 1. The van der Waals surface area contributed by atoms with E-state index in [0.717, 1.165) is 10.1 Å². The predicted octanol–water partition coefficient (Wildman–Crippen LogP) is 2.56. The van der Waals surface area contributed by atoms with Crippen molar-refractivity contribution in [1.29, 1.82) is 0 Å². The van der Waals surface area contributed by atoms with Gasteiger partial charge in [-0.2, -0.15) is 0 Å². The quantitative estimate of drug-likeness (QED) is 0.761. The van der Waals surface area contributed by atoms with Crippen molar-refractivity contribution in [3.8, 4) is 0 Å². The fourth-order valence-electron chi connectivity index (χ4n) is 0.897. The molecular formula is C9H8N2S. The van der Waals surface area contributed by atoms with Crippen LogP contribution in [-0.4, -0.2) is 9.97 Å². The lowest BCUT2D eigenvalue weighted by Gasteiger charge is -1.95. The van der Waals surface area contributed by atoms with E-state index >= 15 is 0 Å². The lowest BCUT2D eigenvalue weighted by Crippen LogP contribution is -1.76. The van der Waals surface area contributed by atoms with Crippen LogP contribution < -0.4 is 0 Å². The van der Waals surface area contributed by atoms with E-state index in [0.29, 0.717) is 0 Å². The molecule has 0 saturated heterocycles. The van der Waals surface area contributed by atoms with Gasteiger partial charge in [-0.3, -0.25) is 0 Å². The molecule has 0 bridgehead atoms. The van der Waals surface area contributed by atoms with Crippen molar-refractivity contribution in [2.45, 2.75) is 10.1 Å². The molecule has 0 radical (unpaired) electrons. The third-order valence-corrected chi connectivity index (χ3v) is 2.35. The molecule has 0 amide bonds. The highest BCUT2D eigenvalue weighted by molar-refractivity contribution is 7.99. The number of hydrogen-bond acceptors (Lipinski definition) is 2. The summed E-state index contributed by atoms with van der Waals surface area (Å²) in [6.07, 6.45) is 3.70. The molecule has 0 saturated carbocycles. The predicted molar refractivity (Wildman–Crippen MR) is 49.2 cm³/mol. The Labute approximate surface area is 75.0 Å². The number of hydrogen-bond donors (Lipinski definition) is 1. The molecule has 60 valence electrons. The summed E-state index contributed by atoms with van der Waals surface area (Å²) in [6, 6.07) is 9.90. The number of nitrogens with zero attached hydrogens (tertiary/aromatic N) is 1. The molecule has 0 aliphatic carbocycles. The van der Waals surface area contributed by atoms with E-state index in [1.54, 1.807) is 18.0 Å². The van der Waals surface area contributed by atoms with Crippen LogP contribution in [0.4, 0.5) is 0 Å². The largest absolute Gasteiger partial charge is 0.356 e. The van der Waals surface area contributed by atoms with Crippen molar-refractivity contribution in [2.24, 2.45) is 0 Å². The van der Waals surface area contributed by atoms with E-state index in [4.69, 9.17) is 0 Å². The Balaban J connectivity index is 2.15. The summed E-state index contributed by atoms with van der Waals surface area (Å²) < 4.78 is 0. The molecule has 0 unspecified atom stereocenters. The second kappa shape index (κ2) is 3.45. The van der Waals surface area contributed by atoms with E-state index in [-0.39, 0.29) is 0 Å². The third kappa shape index (κ3) is 1.68. The van der Waals surface area contributed by atoms with Crippen molar-refractivity contribution in [1.82, 2.24) is 9.97 Å². The molecule has 1 N–H and O–H groups in total. The number of aromatic amines is 1. The van der Waals surface area contributed by atoms with Crippen LogP contribution in [-0.2, 0) is 0 Å². The lowest BCUT2D eigenvalue weighted by atomic mass is 10.5. The first kappa shape index (κ1) is 7.43. The summed E-state index contributed by atoms with van der Waals surface area (Å²) in [6.45, 7) is 0. The van der Waals surface area contributed by atoms with Crippen LogP contribution in [0.2, 0.25) is 0 Å². The molecule has 2 aromatic rings. The molecule has 2 aromatic heterocycles. The molecule has 0 aliphatic heterocycles. The minimum Gasteiger partial charge on any atom is -0.356 e. The normalized spacial score (nSPS) is 10.0. The van der Waals surface area contributed by atoms with Gasteiger partial charge in [0.2, 0.25) is 0 Å². The SMILES string of the molecule is c1ccc(Sc2ccc[nH]2)nc1. The molecule has 2 rings (SSSR count). The highest BCUT2D eigenvalue weighted by Gasteiger charge is 1.95. The Bertz CT molecular complexity index is 329. The van der Waals surface area contributed by atoms with Gasteiger partial charge in [0.15, 0.2) is 0 Å². The fraction of sp³-hybridized carbons (Fsp3) is 0. The van der Waals surface area contributed by atoms with E-state index < -0.39 is 0 Å². The highest BCUT2D eigenvalue weighted by Crippen LogP contribution is 2.22. The molecule has 2 heterocycles. The number of H-pyrrole nitrogens is 1. The monoisotopic (exact) mass is 176 g/mol. The Morgan fingerprint density at radius 1 is 1.17 bits per heavy atom. The maximum Gasteiger partial charge on any atom is 0.102 e. The van der Waals surface area contributed by atoms with Crippen LogP contribution in [0, 0.1) is 0 Å². The van der Waals surface area contributed by atoms with E-state index in [1.165, 1.54) is 0 Å². The van der Waals surface area contributed by atoms with Crippen molar-refractivity contribution in [2.75, 3.05) is 0 Å². The Hall–Kier alpha value is -1.22. The van der Waals surface area contributed by atoms with Crippen molar-refractivity contribution < 1.29 is 0 Å². The summed E-state index contributed by atoms with van der Waals surface area (Å²) in [5, 5.41) is 2.13. The van der Waals surface area contributed by atoms with E-state index in [2.05, 4.69) is 9.97 Å². The second-order valence-corrected chi connectivity index (χ2v) is 3.37. The minimum atomic E-state index is 1.01. The second-order valence-electron chi connectivity index (χ2n) is 2.30. The van der Waals surface area contributed by atoms with Gasteiger partial charge in [0.1, 0.15) is 5.03 Å². The maximum atomic E-state index is 4.20. The van der Waals surface area contributed by atoms with E-state index in [9.17, 15) is 0 Å². The molecule has 12 heavy (non-hydrogen) atoms. The lowest BCUT2D eigenvalue weighted by molar-refractivity contribution is 1.11. The van der Waals surface area contributed by atoms with Crippen LogP contribution >= 0.6 is 11.8 Å². The first-order valence-corrected chi connectivity index (χ1v) is 4.49. The van der Waals surface area contributed by atoms with Crippen molar-refractivity contribution >= 4 is 11.8 Å². The van der Waals surface area contributed by atoms with Gasteiger partial charge in [-0.05, 0) is 24.3 Å². The van der Waals surface area contributed by atoms with Gasteiger partial charge >= 0.3 is 0 Å². The average molecular weight is 176 g/mol. The first-order chi connectivity index (χ1) is 5.95. The molecular weight excluding hydrogens is 168 g/mol. The summed E-state index contributed by atoms with van der Waals surface area (Å²) >= 11 is 1.63. The molecule has 0 fully saturated rings. The standard InChI is InChI=1S/C9H8N2S/c1-2-6-10-8(4-1)12-9-5-3-7-11-9/h1-7,11H. The summed E-state index contributed by atoms with van der Waals surface area (Å²) in [5.41, 5.74) is 0. The van der Waals surface area contributed by atoms with Crippen molar-refractivity contribution in [3.05, 3.63) is 42.7 Å². The molecule has 2 nitrogen and oxygen atoms in total. The van der Waals surface area contributed by atoms with Crippen LogP contribution in [0.5, 0.6) is 0 Å². The molecule has 3 heteroatoms. The zero-order valence-corrected chi connectivity index (χ0v) is 7.21. The molecule has 0 aromatic carbocycles.